The van der Waals surface area contributed by atoms with E-state index in [1.807, 2.05) is 49.7 Å². The molecule has 0 atom stereocenters. The maximum atomic E-state index is 11.7. The Labute approximate surface area is 101 Å². The molecule has 1 rings (SSSR count). The summed E-state index contributed by atoms with van der Waals surface area (Å²) in [6.07, 6.45) is 5.51. The predicted octanol–water partition coefficient (Wildman–Crippen LogP) is 2.52. The molecule has 0 unspecified atom stereocenters. The van der Waals surface area contributed by atoms with Crippen LogP contribution in [0.3, 0.4) is 0 Å². The van der Waals surface area contributed by atoms with Crippen molar-refractivity contribution in [3.8, 4) is 0 Å². The lowest BCUT2D eigenvalue weighted by Gasteiger charge is -2.13. The maximum absolute atomic E-state index is 11.7. The number of carbonyl (C=O) groups is 1. The molecule has 0 saturated carbocycles. The lowest BCUT2D eigenvalue weighted by Crippen LogP contribution is -2.26. The summed E-state index contributed by atoms with van der Waals surface area (Å²) in [7, 11) is 1.83. The third-order valence-electron chi connectivity index (χ3n) is 2.22. The average molecular weight is 235 g/mol. The van der Waals surface area contributed by atoms with Crippen LogP contribution in [0.4, 0.5) is 0 Å². The summed E-state index contributed by atoms with van der Waals surface area (Å²) >= 11 is 1.74. The summed E-state index contributed by atoms with van der Waals surface area (Å²) in [5, 5.41) is 0. The van der Waals surface area contributed by atoms with Crippen LogP contribution in [0.5, 0.6) is 0 Å². The second kappa shape index (κ2) is 7.12. The quantitative estimate of drug-likeness (QED) is 0.731. The Morgan fingerprint density at radius 1 is 1.38 bits per heavy atom. The molecule has 0 aliphatic rings. The molecule has 0 radical (unpaired) electrons. The molecule has 2 nitrogen and oxygen atoms in total. The Bertz CT molecular complexity index is 348. The van der Waals surface area contributed by atoms with E-state index < -0.39 is 0 Å². The maximum Gasteiger partial charge on any atom is 0.246 e. The van der Waals surface area contributed by atoms with Crippen molar-refractivity contribution in [1.82, 2.24) is 4.90 Å². The van der Waals surface area contributed by atoms with Crippen LogP contribution >= 0.6 is 11.8 Å². The highest BCUT2D eigenvalue weighted by Crippen LogP contribution is 2.02. The topological polar surface area (TPSA) is 20.3 Å². The van der Waals surface area contributed by atoms with Gasteiger partial charge in [-0.25, -0.2) is 0 Å². The van der Waals surface area contributed by atoms with Crippen molar-refractivity contribution in [3.63, 3.8) is 0 Å². The monoisotopic (exact) mass is 235 g/mol. The molecule has 0 aliphatic heterocycles. The first-order chi connectivity index (χ1) is 7.74. The lowest BCUT2D eigenvalue weighted by molar-refractivity contribution is -0.124. The predicted molar refractivity (Wildman–Crippen MR) is 71.5 cm³/mol. The third kappa shape index (κ3) is 4.53. The van der Waals surface area contributed by atoms with E-state index in [-0.39, 0.29) is 5.91 Å². The van der Waals surface area contributed by atoms with Gasteiger partial charge in [-0.1, -0.05) is 30.3 Å². The fraction of sp³-hybridized carbons (Fsp3) is 0.308. The molecular formula is C13H17NOS. The first kappa shape index (κ1) is 12.8. The van der Waals surface area contributed by atoms with Crippen molar-refractivity contribution in [2.24, 2.45) is 0 Å². The molecule has 0 fully saturated rings. The van der Waals surface area contributed by atoms with E-state index in [1.165, 1.54) is 0 Å². The molecule has 1 aromatic rings. The number of thioether (sulfide) groups is 1. The molecule has 0 N–H and O–H groups in total. The number of carbonyl (C=O) groups excluding carboxylic acids is 1. The van der Waals surface area contributed by atoms with Crippen LogP contribution in [0.25, 0.3) is 6.08 Å². The molecule has 0 spiro atoms. The average Bonchev–Trinajstić information content (AvgIpc) is 2.34. The Balaban J connectivity index is 2.48. The zero-order valence-electron chi connectivity index (χ0n) is 9.72. The van der Waals surface area contributed by atoms with Gasteiger partial charge in [-0.05, 0) is 17.9 Å². The smallest absolute Gasteiger partial charge is 0.246 e. The third-order valence-corrected chi connectivity index (χ3v) is 2.82. The van der Waals surface area contributed by atoms with Crippen molar-refractivity contribution in [3.05, 3.63) is 42.0 Å². The van der Waals surface area contributed by atoms with Gasteiger partial charge in [0.15, 0.2) is 0 Å². The van der Waals surface area contributed by atoms with Gasteiger partial charge >= 0.3 is 0 Å². The van der Waals surface area contributed by atoms with E-state index >= 15 is 0 Å². The molecule has 3 heteroatoms. The van der Waals surface area contributed by atoms with E-state index in [0.717, 1.165) is 17.9 Å². The minimum atomic E-state index is 0.0536. The minimum Gasteiger partial charge on any atom is -0.341 e. The van der Waals surface area contributed by atoms with Gasteiger partial charge < -0.3 is 4.90 Å². The first-order valence-electron chi connectivity index (χ1n) is 5.21. The molecular weight excluding hydrogens is 218 g/mol. The van der Waals surface area contributed by atoms with Crippen LogP contribution in [-0.4, -0.2) is 36.4 Å². The van der Waals surface area contributed by atoms with Gasteiger partial charge in [-0.3, -0.25) is 4.79 Å². The first-order valence-corrected chi connectivity index (χ1v) is 6.60. The largest absolute Gasteiger partial charge is 0.341 e. The summed E-state index contributed by atoms with van der Waals surface area (Å²) in [4.78, 5) is 13.4. The van der Waals surface area contributed by atoms with Crippen LogP contribution in [0.2, 0.25) is 0 Å². The number of hydrogen-bond donors (Lipinski definition) is 0. The second-order valence-corrected chi connectivity index (χ2v) is 4.48. The van der Waals surface area contributed by atoms with Crippen LogP contribution in [0.1, 0.15) is 5.56 Å². The zero-order valence-corrected chi connectivity index (χ0v) is 10.5. The van der Waals surface area contributed by atoms with E-state index in [2.05, 4.69) is 0 Å². The SMILES string of the molecule is CSCCN(C)C(=O)C=Cc1ccccc1. The summed E-state index contributed by atoms with van der Waals surface area (Å²) in [6, 6.07) is 9.84. The van der Waals surface area contributed by atoms with Gasteiger partial charge in [0.1, 0.15) is 0 Å². The van der Waals surface area contributed by atoms with Crippen molar-refractivity contribution in [2.45, 2.75) is 0 Å². The van der Waals surface area contributed by atoms with Crippen LogP contribution in [-0.2, 0) is 4.79 Å². The van der Waals surface area contributed by atoms with Gasteiger partial charge in [-0.2, -0.15) is 11.8 Å². The number of rotatable bonds is 5. The van der Waals surface area contributed by atoms with E-state index in [0.29, 0.717) is 0 Å². The van der Waals surface area contributed by atoms with Crippen LogP contribution < -0.4 is 0 Å². The fourth-order valence-electron chi connectivity index (χ4n) is 1.20. The lowest BCUT2D eigenvalue weighted by atomic mass is 10.2. The summed E-state index contributed by atoms with van der Waals surface area (Å²) in [5.74, 6) is 1.03. The van der Waals surface area contributed by atoms with Gasteiger partial charge in [0.05, 0.1) is 0 Å². The molecule has 16 heavy (non-hydrogen) atoms. The normalized spacial score (nSPS) is 10.6. The van der Waals surface area contributed by atoms with Crippen LogP contribution in [0, 0.1) is 0 Å². The molecule has 0 heterocycles. The van der Waals surface area contributed by atoms with Gasteiger partial charge in [0.25, 0.3) is 0 Å². The summed E-state index contributed by atoms with van der Waals surface area (Å²) in [6.45, 7) is 0.791. The molecule has 1 amide bonds. The molecule has 1 aromatic carbocycles. The Morgan fingerprint density at radius 3 is 2.69 bits per heavy atom. The number of amides is 1. The van der Waals surface area contributed by atoms with E-state index in [4.69, 9.17) is 0 Å². The second-order valence-electron chi connectivity index (χ2n) is 3.50. The Kier molecular flexibility index (Phi) is 5.72. The molecule has 0 aliphatic carbocycles. The number of likely N-dealkylation sites (N-methyl/N-ethyl adjacent to an activating group) is 1. The molecule has 86 valence electrons. The highest BCUT2D eigenvalue weighted by molar-refractivity contribution is 7.98. The van der Waals surface area contributed by atoms with Gasteiger partial charge in [-0.15, -0.1) is 0 Å². The number of hydrogen-bond acceptors (Lipinski definition) is 2. The van der Waals surface area contributed by atoms with Gasteiger partial charge in [0, 0.05) is 25.4 Å². The summed E-state index contributed by atoms with van der Waals surface area (Å²) < 4.78 is 0. The van der Waals surface area contributed by atoms with E-state index in [1.54, 1.807) is 22.7 Å². The molecule has 0 saturated heterocycles. The van der Waals surface area contributed by atoms with Crippen molar-refractivity contribution in [1.29, 1.82) is 0 Å². The van der Waals surface area contributed by atoms with Crippen molar-refractivity contribution < 1.29 is 4.79 Å². The van der Waals surface area contributed by atoms with Crippen molar-refractivity contribution >= 4 is 23.7 Å². The highest BCUT2D eigenvalue weighted by Gasteiger charge is 2.02. The number of benzene rings is 1. The Morgan fingerprint density at radius 2 is 2.06 bits per heavy atom. The number of nitrogens with zero attached hydrogens (tertiary/aromatic N) is 1. The van der Waals surface area contributed by atoms with Crippen molar-refractivity contribution in [2.75, 3.05) is 25.6 Å². The summed E-state index contributed by atoms with van der Waals surface area (Å²) in [5.41, 5.74) is 1.05. The fourth-order valence-corrected chi connectivity index (χ4v) is 1.65. The zero-order chi connectivity index (χ0) is 11.8. The Hall–Kier alpha value is -1.22. The molecule has 0 aromatic heterocycles. The standard InChI is InChI=1S/C13H17NOS/c1-14(10-11-16-2)13(15)9-8-12-6-4-3-5-7-12/h3-9H,10-11H2,1-2H3. The van der Waals surface area contributed by atoms with Crippen LogP contribution in [0.15, 0.2) is 36.4 Å². The highest BCUT2D eigenvalue weighted by atomic mass is 32.2. The minimum absolute atomic E-state index is 0.0536. The van der Waals surface area contributed by atoms with E-state index in [9.17, 15) is 4.79 Å². The van der Waals surface area contributed by atoms with Gasteiger partial charge in [0.2, 0.25) is 5.91 Å². The molecule has 0 bridgehead atoms.